The average Bonchev–Trinajstić information content (AvgIpc) is 2.08. The molecule has 11 heteroatoms. The minimum Gasteiger partial charge on any atom is -0.244 e. The van der Waals surface area contributed by atoms with E-state index < -0.39 is 17.1 Å². The Balaban J connectivity index is 0. The molecule has 1 aromatic rings. The van der Waals surface area contributed by atoms with Crippen molar-refractivity contribution in [1.82, 2.24) is 12.3 Å². The quantitative estimate of drug-likeness (QED) is 0.543. The monoisotopic (exact) mass is 309 g/mol. The van der Waals surface area contributed by atoms with Crippen LogP contribution in [0.3, 0.4) is 0 Å². The van der Waals surface area contributed by atoms with Crippen LogP contribution in [0, 0.1) is 0 Å². The van der Waals surface area contributed by atoms with E-state index in [1.807, 2.05) is 0 Å². The van der Waals surface area contributed by atoms with Crippen LogP contribution in [0.1, 0.15) is 0 Å². The molecule has 1 heterocycles. The van der Waals surface area contributed by atoms with Gasteiger partial charge in [0.2, 0.25) is 0 Å². The van der Waals surface area contributed by atoms with Gasteiger partial charge in [0.1, 0.15) is 0 Å². The van der Waals surface area contributed by atoms with Crippen molar-refractivity contribution in [3.63, 3.8) is 0 Å². The molecule has 2 radical (unpaired) electrons. The SMILES string of the molecule is O=c1n(Cl)c(=O)n(Cl)c(=O)n1Cl.[K].[K]. The Labute approximate surface area is 177 Å². The molecule has 0 spiro atoms. The van der Waals surface area contributed by atoms with Gasteiger partial charge in [-0.15, -0.1) is 12.3 Å². The van der Waals surface area contributed by atoms with Crippen LogP contribution < -0.4 is 17.1 Å². The molecule has 0 amide bonds. The second-order valence-corrected chi connectivity index (χ2v) is 2.70. The summed E-state index contributed by atoms with van der Waals surface area (Å²) in [6.07, 6.45) is 0. The molecule has 0 saturated heterocycles. The predicted molar refractivity (Wildman–Crippen MR) is 54.5 cm³/mol. The third-order valence-corrected chi connectivity index (χ3v) is 1.88. The zero-order chi connectivity index (χ0) is 9.46. The Kier molecular flexibility index (Phi) is 10.5. The van der Waals surface area contributed by atoms with Gasteiger partial charge in [-0.05, 0) is 0 Å². The summed E-state index contributed by atoms with van der Waals surface area (Å²) >= 11 is 15.3. The molecule has 0 aromatic carbocycles. The minimum atomic E-state index is -1.16. The van der Waals surface area contributed by atoms with E-state index in [4.69, 9.17) is 35.3 Å². The maximum absolute atomic E-state index is 10.8. The Hall–Kier alpha value is 2.55. The van der Waals surface area contributed by atoms with E-state index in [1.54, 1.807) is 0 Å². The molecule has 0 unspecified atom stereocenters. The van der Waals surface area contributed by atoms with Crippen LogP contribution in [-0.2, 0) is 0 Å². The van der Waals surface area contributed by atoms with Gasteiger partial charge in [-0.25, -0.2) is 14.4 Å². The van der Waals surface area contributed by atoms with Crippen LogP contribution in [0.15, 0.2) is 14.4 Å². The van der Waals surface area contributed by atoms with Crippen molar-refractivity contribution in [3.05, 3.63) is 31.5 Å². The molecule has 0 aliphatic heterocycles. The summed E-state index contributed by atoms with van der Waals surface area (Å²) in [5, 5.41) is 0. The predicted octanol–water partition coefficient (Wildman–Crippen LogP) is -1.58. The summed E-state index contributed by atoms with van der Waals surface area (Å²) in [6.45, 7) is 0. The van der Waals surface area contributed by atoms with Crippen molar-refractivity contribution >= 4 is 138 Å². The molecule has 6 nitrogen and oxygen atoms in total. The first-order valence-corrected chi connectivity index (χ1v) is 3.48. The Morgan fingerprint density at radius 1 is 0.643 bits per heavy atom. The van der Waals surface area contributed by atoms with Crippen molar-refractivity contribution in [2.45, 2.75) is 0 Å². The average molecular weight is 311 g/mol. The van der Waals surface area contributed by atoms with Gasteiger partial charge in [0.25, 0.3) is 0 Å². The number of halogens is 3. The third-order valence-electron chi connectivity index (χ3n) is 1.01. The molecule has 0 bridgehead atoms. The van der Waals surface area contributed by atoms with Crippen molar-refractivity contribution in [2.75, 3.05) is 0 Å². The number of hydrogen-bond donors (Lipinski definition) is 0. The smallest absolute Gasteiger partial charge is 0.244 e. The van der Waals surface area contributed by atoms with E-state index in [2.05, 4.69) is 0 Å². The van der Waals surface area contributed by atoms with Gasteiger partial charge in [0, 0.05) is 138 Å². The number of aromatic nitrogens is 3. The van der Waals surface area contributed by atoms with Gasteiger partial charge in [0.05, 0.1) is 0 Å². The molecule has 0 atom stereocenters. The molecule has 0 saturated carbocycles. The zero-order valence-corrected chi connectivity index (χ0v) is 15.7. The third kappa shape index (κ3) is 3.79. The minimum absolute atomic E-state index is 0. The van der Waals surface area contributed by atoms with Crippen LogP contribution in [0.2, 0.25) is 0 Å². The number of nitrogens with zero attached hydrogens (tertiary/aromatic N) is 3. The van der Waals surface area contributed by atoms with E-state index in [9.17, 15) is 14.4 Å². The maximum atomic E-state index is 10.8. The van der Waals surface area contributed by atoms with Gasteiger partial charge in [0.15, 0.2) is 0 Å². The summed E-state index contributed by atoms with van der Waals surface area (Å²) in [5.74, 6) is 0. The molecular formula is C3Cl3K2N3O3. The van der Waals surface area contributed by atoms with E-state index in [0.29, 0.717) is 0 Å². The van der Waals surface area contributed by atoms with Crippen molar-refractivity contribution < 1.29 is 0 Å². The second-order valence-electron chi connectivity index (χ2n) is 1.69. The molecule has 14 heavy (non-hydrogen) atoms. The Morgan fingerprint density at radius 3 is 0.929 bits per heavy atom. The van der Waals surface area contributed by atoms with E-state index in [0.717, 1.165) is 0 Å². The molecule has 0 N–H and O–H groups in total. The van der Waals surface area contributed by atoms with Gasteiger partial charge >= 0.3 is 17.1 Å². The molecule has 0 fully saturated rings. The second kappa shape index (κ2) is 7.80. The summed E-state index contributed by atoms with van der Waals surface area (Å²) in [7, 11) is 0. The van der Waals surface area contributed by atoms with Crippen molar-refractivity contribution in [1.29, 1.82) is 0 Å². The Bertz CT molecular complexity index is 389. The topological polar surface area (TPSA) is 66.0 Å². The van der Waals surface area contributed by atoms with Gasteiger partial charge in [-0.3, -0.25) is 0 Å². The summed E-state index contributed by atoms with van der Waals surface area (Å²) in [4.78, 5) is 32.3. The van der Waals surface area contributed by atoms with Gasteiger partial charge in [-0.1, -0.05) is 0 Å². The van der Waals surface area contributed by atoms with Gasteiger partial charge in [-0.2, -0.15) is 0 Å². The fraction of sp³-hybridized carbons (Fsp3) is 0. The number of rotatable bonds is 0. The molecule has 0 aliphatic rings. The van der Waals surface area contributed by atoms with Crippen LogP contribution >= 0.6 is 35.3 Å². The van der Waals surface area contributed by atoms with E-state index in [-0.39, 0.29) is 115 Å². The molecule has 1 aromatic heterocycles. The van der Waals surface area contributed by atoms with Crippen LogP contribution in [0.5, 0.6) is 0 Å². The van der Waals surface area contributed by atoms with E-state index in [1.165, 1.54) is 0 Å². The Morgan fingerprint density at radius 2 is 0.786 bits per heavy atom. The molecular weight excluding hydrogens is 311 g/mol. The van der Waals surface area contributed by atoms with Crippen LogP contribution in [0.25, 0.3) is 0 Å². The first kappa shape index (κ1) is 18.9. The largest absolute Gasteiger partial charge is 0.366 e. The van der Waals surface area contributed by atoms with Crippen molar-refractivity contribution in [2.24, 2.45) is 0 Å². The summed E-state index contributed by atoms with van der Waals surface area (Å²) in [6, 6.07) is 0. The molecule has 0 aliphatic carbocycles. The normalized spacial score (nSPS) is 8.79. The fourth-order valence-corrected chi connectivity index (χ4v) is 1.05. The summed E-state index contributed by atoms with van der Waals surface area (Å²) in [5.41, 5.74) is -3.49. The van der Waals surface area contributed by atoms with E-state index >= 15 is 0 Å². The zero-order valence-electron chi connectivity index (χ0n) is 7.20. The number of hydrogen-bond acceptors (Lipinski definition) is 3. The standard InChI is InChI=1S/C3Cl3N3O3.2K/c4-7-1(10)8(5)3(12)9(6)2(7)11;;. The van der Waals surface area contributed by atoms with Crippen LogP contribution in [-0.4, -0.2) is 115 Å². The van der Waals surface area contributed by atoms with Crippen LogP contribution in [0.4, 0.5) is 0 Å². The fourth-order valence-electron chi connectivity index (χ4n) is 0.477. The first-order valence-electron chi connectivity index (χ1n) is 2.46. The van der Waals surface area contributed by atoms with Crippen molar-refractivity contribution in [3.8, 4) is 0 Å². The molecule has 68 valence electrons. The maximum Gasteiger partial charge on any atom is 0.366 e. The molecule has 1 rings (SSSR count). The van der Waals surface area contributed by atoms with Gasteiger partial charge < -0.3 is 0 Å². The summed E-state index contributed by atoms with van der Waals surface area (Å²) < 4.78 is 0.254. The first-order chi connectivity index (χ1) is 5.46.